The van der Waals surface area contributed by atoms with Gasteiger partial charge in [0.25, 0.3) is 5.56 Å². The van der Waals surface area contributed by atoms with E-state index in [4.69, 9.17) is 19.2 Å². The van der Waals surface area contributed by atoms with Crippen LogP contribution in [0, 0.1) is 6.92 Å². The fourth-order valence-electron chi connectivity index (χ4n) is 4.23. The van der Waals surface area contributed by atoms with Crippen LogP contribution < -0.4 is 19.8 Å². The maximum Gasteiger partial charge on any atom is 0.344 e. The first-order valence-electron chi connectivity index (χ1n) is 12.6. The zero-order valence-corrected chi connectivity index (χ0v) is 24.6. The number of aryl methyl sites for hydroxylation is 1. The lowest BCUT2D eigenvalue weighted by Crippen LogP contribution is -2.23. The van der Waals surface area contributed by atoms with Crippen LogP contribution in [0.3, 0.4) is 0 Å². The Hall–Kier alpha value is -4.18. The van der Waals surface area contributed by atoms with Gasteiger partial charge in [0, 0.05) is 15.6 Å². The summed E-state index contributed by atoms with van der Waals surface area (Å²) in [5.41, 5.74) is 3.44. The van der Waals surface area contributed by atoms with Gasteiger partial charge in [0.1, 0.15) is 5.75 Å². The van der Waals surface area contributed by atoms with Crippen molar-refractivity contribution in [3.8, 4) is 28.6 Å². The summed E-state index contributed by atoms with van der Waals surface area (Å²) in [6.45, 7) is 7.52. The molecule has 3 aromatic carbocycles. The Bertz CT molecular complexity index is 1680. The maximum atomic E-state index is 13.7. The predicted molar refractivity (Wildman–Crippen MR) is 158 cm³/mol. The van der Waals surface area contributed by atoms with Crippen LogP contribution >= 0.6 is 15.9 Å². The maximum absolute atomic E-state index is 13.7. The van der Waals surface area contributed by atoms with Crippen molar-refractivity contribution in [2.24, 2.45) is 5.10 Å². The minimum atomic E-state index is -1.10. The Morgan fingerprint density at radius 1 is 1.05 bits per heavy atom. The molecule has 0 aliphatic heterocycles. The molecule has 0 spiro atoms. The number of methoxy groups -OCH3 is 2. The average Bonchev–Trinajstić information content (AvgIpc) is 2.92. The molecule has 0 saturated carbocycles. The number of fused-ring (bicyclic) bond motifs is 1. The molecule has 1 N–H and O–H groups in total. The summed E-state index contributed by atoms with van der Waals surface area (Å²) in [5.74, 6) is 0.793. The molecular weight excluding hydrogens is 578 g/mol. The third kappa shape index (κ3) is 5.72. The summed E-state index contributed by atoms with van der Waals surface area (Å²) in [6.07, 6.45) is 0.439. The van der Waals surface area contributed by atoms with Crippen molar-refractivity contribution in [2.45, 2.75) is 39.7 Å². The molecule has 0 aliphatic carbocycles. The van der Waals surface area contributed by atoms with Crippen molar-refractivity contribution < 1.29 is 24.1 Å². The van der Waals surface area contributed by atoms with E-state index in [-0.39, 0.29) is 17.2 Å². The SMILES string of the molecule is COc1cc(C=Nn2c(-c3cc(C(C)C)c(OC)cc3C)nc3ccccc3c2=O)c(Br)cc1O[C@@H](C)C(=O)O. The molecule has 40 heavy (non-hydrogen) atoms. The normalized spacial score (nSPS) is 12.2. The summed E-state index contributed by atoms with van der Waals surface area (Å²) in [7, 11) is 3.09. The first-order chi connectivity index (χ1) is 19.0. The molecule has 9 nitrogen and oxygen atoms in total. The van der Waals surface area contributed by atoms with Gasteiger partial charge in [-0.3, -0.25) is 4.79 Å². The largest absolute Gasteiger partial charge is 0.496 e. The zero-order valence-electron chi connectivity index (χ0n) is 23.1. The highest BCUT2D eigenvalue weighted by Gasteiger charge is 2.20. The number of carboxylic acids is 1. The molecule has 0 amide bonds. The Labute approximate surface area is 240 Å². The summed E-state index contributed by atoms with van der Waals surface area (Å²) in [6, 6.07) is 14.3. The highest BCUT2D eigenvalue weighted by atomic mass is 79.9. The monoisotopic (exact) mass is 607 g/mol. The summed E-state index contributed by atoms with van der Waals surface area (Å²) in [4.78, 5) is 29.8. The van der Waals surface area contributed by atoms with Gasteiger partial charge in [-0.1, -0.05) is 26.0 Å². The number of rotatable bonds is 9. The van der Waals surface area contributed by atoms with E-state index in [2.05, 4.69) is 34.9 Å². The molecule has 1 aromatic heterocycles. The third-order valence-electron chi connectivity index (χ3n) is 6.44. The second kappa shape index (κ2) is 11.9. The molecule has 0 fully saturated rings. The van der Waals surface area contributed by atoms with E-state index >= 15 is 0 Å². The zero-order chi connectivity index (χ0) is 29.1. The Morgan fingerprint density at radius 3 is 2.40 bits per heavy atom. The molecule has 208 valence electrons. The minimum absolute atomic E-state index is 0.173. The van der Waals surface area contributed by atoms with Gasteiger partial charge in [-0.25, -0.2) is 9.78 Å². The fourth-order valence-corrected chi connectivity index (χ4v) is 4.66. The van der Waals surface area contributed by atoms with E-state index < -0.39 is 12.1 Å². The quantitative estimate of drug-likeness (QED) is 0.232. The highest BCUT2D eigenvalue weighted by molar-refractivity contribution is 9.10. The number of para-hydroxylation sites is 1. The minimum Gasteiger partial charge on any atom is -0.496 e. The molecule has 1 atom stereocenters. The number of carboxylic acid groups (broad SMARTS) is 1. The van der Waals surface area contributed by atoms with E-state index in [0.29, 0.717) is 32.5 Å². The summed E-state index contributed by atoms with van der Waals surface area (Å²) in [5, 5.41) is 14.2. The van der Waals surface area contributed by atoms with Gasteiger partial charge in [-0.2, -0.15) is 9.78 Å². The van der Waals surface area contributed by atoms with Crippen LogP contribution in [0.25, 0.3) is 22.3 Å². The van der Waals surface area contributed by atoms with Gasteiger partial charge in [0.2, 0.25) is 0 Å². The number of halogens is 1. The van der Waals surface area contributed by atoms with Crippen LogP contribution in [0.5, 0.6) is 17.2 Å². The van der Waals surface area contributed by atoms with Crippen molar-refractivity contribution in [3.63, 3.8) is 0 Å². The van der Waals surface area contributed by atoms with Gasteiger partial charge < -0.3 is 19.3 Å². The number of carbonyl (C=O) groups is 1. The van der Waals surface area contributed by atoms with Gasteiger partial charge >= 0.3 is 5.97 Å². The second-order valence-electron chi connectivity index (χ2n) is 9.50. The standard InChI is InChI=1S/C30H30BrN3O6/c1-16(2)21-13-22(17(3)11-25(21)38-5)28-33-24-10-8-7-9-20(24)29(35)34(28)32-15-19-12-26(39-6)27(14-23(19)31)40-18(4)30(36)37/h7-16,18H,1-6H3,(H,36,37)/t18-/m0/s1. The van der Waals surface area contributed by atoms with E-state index in [1.165, 1.54) is 24.9 Å². The van der Waals surface area contributed by atoms with E-state index in [1.54, 1.807) is 37.4 Å². The smallest absolute Gasteiger partial charge is 0.344 e. The molecule has 0 bridgehead atoms. The van der Waals surface area contributed by atoms with Gasteiger partial charge in [0.05, 0.1) is 31.3 Å². The molecular formula is C30H30BrN3O6. The average molecular weight is 608 g/mol. The third-order valence-corrected chi connectivity index (χ3v) is 7.13. The number of aromatic nitrogens is 2. The highest BCUT2D eigenvalue weighted by Crippen LogP contribution is 2.35. The van der Waals surface area contributed by atoms with Crippen LogP contribution in [-0.4, -0.2) is 47.3 Å². The molecule has 1 heterocycles. The van der Waals surface area contributed by atoms with Crippen LogP contribution in [0.15, 0.2) is 62.9 Å². The van der Waals surface area contributed by atoms with E-state index in [9.17, 15) is 14.7 Å². The van der Waals surface area contributed by atoms with Crippen LogP contribution in [0.2, 0.25) is 0 Å². The lowest BCUT2D eigenvalue weighted by atomic mass is 9.96. The molecule has 0 unspecified atom stereocenters. The van der Waals surface area contributed by atoms with Gasteiger partial charge in [-0.05, 0) is 83.2 Å². The van der Waals surface area contributed by atoms with E-state index in [1.807, 2.05) is 25.1 Å². The lowest BCUT2D eigenvalue weighted by molar-refractivity contribution is -0.144. The number of hydrogen-bond donors (Lipinski definition) is 1. The van der Waals surface area contributed by atoms with Gasteiger partial charge in [0.15, 0.2) is 23.4 Å². The number of hydrogen-bond acceptors (Lipinski definition) is 7. The van der Waals surface area contributed by atoms with Crippen molar-refractivity contribution in [2.75, 3.05) is 14.2 Å². The van der Waals surface area contributed by atoms with Crippen molar-refractivity contribution >= 4 is 39.0 Å². The first kappa shape index (κ1) is 28.8. The Kier molecular flexibility index (Phi) is 8.58. The first-order valence-corrected chi connectivity index (χ1v) is 13.4. The Morgan fingerprint density at radius 2 is 1.75 bits per heavy atom. The van der Waals surface area contributed by atoms with Crippen molar-refractivity contribution in [3.05, 3.63) is 80.0 Å². The predicted octanol–water partition coefficient (Wildman–Crippen LogP) is 6.01. The molecule has 4 aromatic rings. The molecule has 0 aliphatic rings. The lowest BCUT2D eigenvalue weighted by Gasteiger charge is -2.17. The molecule has 0 radical (unpaired) electrons. The van der Waals surface area contributed by atoms with Crippen molar-refractivity contribution in [1.29, 1.82) is 0 Å². The number of nitrogens with zero attached hydrogens (tertiary/aromatic N) is 3. The Balaban J connectivity index is 1.90. The second-order valence-corrected chi connectivity index (χ2v) is 10.4. The number of aliphatic carboxylic acids is 1. The molecule has 10 heteroatoms. The number of benzene rings is 3. The van der Waals surface area contributed by atoms with Crippen molar-refractivity contribution in [1.82, 2.24) is 9.66 Å². The summed E-state index contributed by atoms with van der Waals surface area (Å²) < 4.78 is 18.4. The van der Waals surface area contributed by atoms with Crippen LogP contribution in [0.1, 0.15) is 43.4 Å². The van der Waals surface area contributed by atoms with E-state index in [0.717, 1.165) is 22.4 Å². The molecule has 4 rings (SSSR count). The topological polar surface area (TPSA) is 112 Å². The fraction of sp³-hybridized carbons (Fsp3) is 0.267. The summed E-state index contributed by atoms with van der Waals surface area (Å²) >= 11 is 3.49. The number of ether oxygens (including phenoxy) is 3. The molecule has 0 saturated heterocycles. The van der Waals surface area contributed by atoms with Gasteiger partial charge in [-0.15, -0.1) is 0 Å². The van der Waals surface area contributed by atoms with Crippen LogP contribution in [-0.2, 0) is 4.79 Å². The van der Waals surface area contributed by atoms with Crippen LogP contribution in [0.4, 0.5) is 0 Å².